The van der Waals surface area contributed by atoms with Crippen molar-refractivity contribution < 1.29 is 4.74 Å². The SMILES string of the molecule is CCOc1ccc(NC2CCNCC2)c(C)c1. The number of hydrogen-bond donors (Lipinski definition) is 2. The summed E-state index contributed by atoms with van der Waals surface area (Å²) < 4.78 is 5.49. The Morgan fingerprint density at radius 3 is 2.76 bits per heavy atom. The Morgan fingerprint density at radius 1 is 1.35 bits per heavy atom. The van der Waals surface area contributed by atoms with Crippen molar-refractivity contribution in [2.75, 3.05) is 25.0 Å². The Kier molecular flexibility index (Phi) is 4.26. The van der Waals surface area contributed by atoms with E-state index in [0.29, 0.717) is 6.04 Å². The van der Waals surface area contributed by atoms with Gasteiger partial charge in [0.1, 0.15) is 5.75 Å². The topological polar surface area (TPSA) is 33.3 Å². The largest absolute Gasteiger partial charge is 0.494 e. The summed E-state index contributed by atoms with van der Waals surface area (Å²) in [6.45, 7) is 7.10. The van der Waals surface area contributed by atoms with Gasteiger partial charge in [-0.2, -0.15) is 0 Å². The second kappa shape index (κ2) is 5.92. The van der Waals surface area contributed by atoms with E-state index in [1.165, 1.54) is 24.1 Å². The van der Waals surface area contributed by atoms with Gasteiger partial charge in [-0.3, -0.25) is 0 Å². The smallest absolute Gasteiger partial charge is 0.119 e. The number of benzene rings is 1. The molecule has 0 radical (unpaired) electrons. The van der Waals surface area contributed by atoms with E-state index < -0.39 is 0 Å². The standard InChI is InChI=1S/C14H22N2O/c1-3-17-13-4-5-14(11(2)10-13)16-12-6-8-15-9-7-12/h4-5,10,12,15-16H,3,6-9H2,1-2H3. The fraction of sp³-hybridized carbons (Fsp3) is 0.571. The monoisotopic (exact) mass is 234 g/mol. The fourth-order valence-corrected chi connectivity index (χ4v) is 2.24. The van der Waals surface area contributed by atoms with Crippen LogP contribution in [0.2, 0.25) is 0 Å². The second-order valence-corrected chi connectivity index (χ2v) is 4.58. The lowest BCUT2D eigenvalue weighted by Gasteiger charge is -2.25. The van der Waals surface area contributed by atoms with Crippen LogP contribution in [0.1, 0.15) is 25.3 Å². The molecule has 1 fully saturated rings. The predicted octanol–water partition coefficient (Wildman–Crippen LogP) is 2.56. The van der Waals surface area contributed by atoms with E-state index in [4.69, 9.17) is 4.74 Å². The van der Waals surface area contributed by atoms with Crippen LogP contribution < -0.4 is 15.4 Å². The molecule has 1 aliphatic rings. The van der Waals surface area contributed by atoms with Crippen LogP contribution in [0.15, 0.2) is 18.2 Å². The summed E-state index contributed by atoms with van der Waals surface area (Å²) >= 11 is 0. The summed E-state index contributed by atoms with van der Waals surface area (Å²) in [6.07, 6.45) is 2.40. The Bertz CT molecular complexity index is 359. The number of anilines is 1. The van der Waals surface area contributed by atoms with Gasteiger partial charge in [0, 0.05) is 11.7 Å². The van der Waals surface area contributed by atoms with E-state index in [1.54, 1.807) is 0 Å². The van der Waals surface area contributed by atoms with Gasteiger partial charge in [-0.05, 0) is 63.5 Å². The first-order valence-corrected chi connectivity index (χ1v) is 6.50. The molecule has 0 aliphatic carbocycles. The van der Waals surface area contributed by atoms with Crippen molar-refractivity contribution >= 4 is 5.69 Å². The van der Waals surface area contributed by atoms with Crippen molar-refractivity contribution in [3.8, 4) is 5.75 Å². The van der Waals surface area contributed by atoms with Gasteiger partial charge >= 0.3 is 0 Å². The Labute approximate surface area is 104 Å². The zero-order valence-corrected chi connectivity index (χ0v) is 10.8. The van der Waals surface area contributed by atoms with Crippen molar-refractivity contribution in [1.29, 1.82) is 0 Å². The van der Waals surface area contributed by atoms with Crippen LogP contribution in [0.4, 0.5) is 5.69 Å². The van der Waals surface area contributed by atoms with Crippen LogP contribution >= 0.6 is 0 Å². The zero-order valence-electron chi connectivity index (χ0n) is 10.8. The van der Waals surface area contributed by atoms with E-state index in [9.17, 15) is 0 Å². The highest BCUT2D eigenvalue weighted by Gasteiger charge is 2.13. The lowest BCUT2D eigenvalue weighted by atomic mass is 10.1. The summed E-state index contributed by atoms with van der Waals surface area (Å²) in [6, 6.07) is 6.88. The summed E-state index contributed by atoms with van der Waals surface area (Å²) in [5.41, 5.74) is 2.50. The Hall–Kier alpha value is -1.22. The molecule has 3 nitrogen and oxygen atoms in total. The fourth-order valence-electron chi connectivity index (χ4n) is 2.24. The molecule has 0 spiro atoms. The minimum absolute atomic E-state index is 0.605. The molecule has 1 aliphatic heterocycles. The maximum atomic E-state index is 5.49. The van der Waals surface area contributed by atoms with Gasteiger partial charge in [-0.15, -0.1) is 0 Å². The van der Waals surface area contributed by atoms with Crippen LogP contribution in [0.25, 0.3) is 0 Å². The maximum Gasteiger partial charge on any atom is 0.119 e. The van der Waals surface area contributed by atoms with Crippen molar-refractivity contribution in [1.82, 2.24) is 5.32 Å². The molecule has 3 heteroatoms. The van der Waals surface area contributed by atoms with E-state index in [2.05, 4.69) is 29.7 Å². The molecule has 0 aromatic heterocycles. The number of hydrogen-bond acceptors (Lipinski definition) is 3. The summed E-state index contributed by atoms with van der Waals surface area (Å²) in [5.74, 6) is 0.959. The van der Waals surface area contributed by atoms with Crippen LogP contribution in [0.5, 0.6) is 5.75 Å². The Morgan fingerprint density at radius 2 is 2.12 bits per heavy atom. The number of aryl methyl sites for hydroxylation is 1. The molecule has 1 aromatic rings. The molecule has 17 heavy (non-hydrogen) atoms. The Balaban J connectivity index is 2.00. The summed E-state index contributed by atoms with van der Waals surface area (Å²) in [7, 11) is 0. The molecule has 2 N–H and O–H groups in total. The van der Waals surface area contributed by atoms with Crippen LogP contribution in [-0.4, -0.2) is 25.7 Å². The lowest BCUT2D eigenvalue weighted by molar-refractivity contribution is 0.340. The highest BCUT2D eigenvalue weighted by atomic mass is 16.5. The van der Waals surface area contributed by atoms with Crippen LogP contribution in [-0.2, 0) is 0 Å². The highest BCUT2D eigenvalue weighted by molar-refractivity contribution is 5.54. The molecule has 0 amide bonds. The first-order valence-electron chi connectivity index (χ1n) is 6.50. The number of rotatable bonds is 4. The third kappa shape index (κ3) is 3.37. The second-order valence-electron chi connectivity index (χ2n) is 4.58. The molecule has 0 bridgehead atoms. The van der Waals surface area contributed by atoms with E-state index in [0.717, 1.165) is 25.4 Å². The molecule has 2 rings (SSSR count). The van der Waals surface area contributed by atoms with E-state index in [-0.39, 0.29) is 0 Å². The molecular weight excluding hydrogens is 212 g/mol. The van der Waals surface area contributed by atoms with Gasteiger partial charge in [0.2, 0.25) is 0 Å². The number of ether oxygens (including phenoxy) is 1. The minimum Gasteiger partial charge on any atom is -0.494 e. The highest BCUT2D eigenvalue weighted by Crippen LogP contribution is 2.23. The van der Waals surface area contributed by atoms with Gasteiger partial charge in [-0.1, -0.05) is 0 Å². The minimum atomic E-state index is 0.605. The van der Waals surface area contributed by atoms with Gasteiger partial charge in [-0.25, -0.2) is 0 Å². The normalized spacial score (nSPS) is 16.8. The van der Waals surface area contributed by atoms with Crippen molar-refractivity contribution in [3.05, 3.63) is 23.8 Å². The maximum absolute atomic E-state index is 5.49. The van der Waals surface area contributed by atoms with E-state index >= 15 is 0 Å². The van der Waals surface area contributed by atoms with Crippen molar-refractivity contribution in [3.63, 3.8) is 0 Å². The predicted molar refractivity (Wildman–Crippen MR) is 71.9 cm³/mol. The van der Waals surface area contributed by atoms with Crippen LogP contribution in [0, 0.1) is 6.92 Å². The average molecular weight is 234 g/mol. The molecule has 1 saturated heterocycles. The zero-order chi connectivity index (χ0) is 12.1. The number of nitrogens with one attached hydrogen (secondary N) is 2. The molecule has 0 unspecified atom stereocenters. The van der Waals surface area contributed by atoms with Gasteiger partial charge < -0.3 is 15.4 Å². The molecule has 0 saturated carbocycles. The summed E-state index contributed by atoms with van der Waals surface area (Å²) in [4.78, 5) is 0. The first-order chi connectivity index (χ1) is 8.29. The van der Waals surface area contributed by atoms with Gasteiger partial charge in [0.15, 0.2) is 0 Å². The first kappa shape index (κ1) is 12.2. The van der Waals surface area contributed by atoms with Gasteiger partial charge in [0.25, 0.3) is 0 Å². The third-order valence-electron chi connectivity index (χ3n) is 3.21. The summed E-state index contributed by atoms with van der Waals surface area (Å²) in [5, 5.41) is 7.00. The number of piperidine rings is 1. The lowest BCUT2D eigenvalue weighted by Crippen LogP contribution is -2.35. The third-order valence-corrected chi connectivity index (χ3v) is 3.21. The quantitative estimate of drug-likeness (QED) is 0.840. The van der Waals surface area contributed by atoms with E-state index in [1.807, 2.05) is 13.0 Å². The van der Waals surface area contributed by atoms with Gasteiger partial charge in [0.05, 0.1) is 6.61 Å². The van der Waals surface area contributed by atoms with Crippen molar-refractivity contribution in [2.24, 2.45) is 0 Å². The molecular formula is C14H22N2O. The molecule has 1 aromatic carbocycles. The van der Waals surface area contributed by atoms with Crippen molar-refractivity contribution in [2.45, 2.75) is 32.7 Å². The molecule has 0 atom stereocenters. The average Bonchev–Trinajstić information content (AvgIpc) is 2.34. The molecule has 94 valence electrons. The van der Waals surface area contributed by atoms with Crippen LogP contribution in [0.3, 0.4) is 0 Å². The molecule has 1 heterocycles.